The molecule has 0 saturated heterocycles. The molecule has 0 unspecified atom stereocenters. The van der Waals surface area contributed by atoms with Gasteiger partial charge in [0.25, 0.3) is 5.56 Å². The summed E-state index contributed by atoms with van der Waals surface area (Å²) in [5, 5.41) is 3.85. The lowest BCUT2D eigenvalue weighted by molar-refractivity contribution is 0.388. The molecule has 41 heavy (non-hydrogen) atoms. The summed E-state index contributed by atoms with van der Waals surface area (Å²) in [5.74, 6) is 0.999. The molecule has 0 fully saturated rings. The van der Waals surface area contributed by atoms with Crippen molar-refractivity contribution < 1.29 is 9.26 Å². The Morgan fingerprint density at radius 3 is 2.34 bits per heavy atom. The number of aryl methyl sites for hydroxylation is 2. The Bertz CT molecular complexity index is 1720. The quantitative estimate of drug-likeness (QED) is 0.239. The molecule has 0 aliphatic rings. The Labute approximate surface area is 243 Å². The first-order valence-electron chi connectivity index (χ1n) is 13.3. The third-order valence-corrected chi connectivity index (χ3v) is 6.92. The second-order valence-electron chi connectivity index (χ2n) is 9.65. The maximum atomic E-state index is 13.8. The summed E-state index contributed by atoms with van der Waals surface area (Å²) in [6, 6.07) is 19.5. The van der Waals surface area contributed by atoms with Crippen molar-refractivity contribution in [2.45, 2.75) is 46.1 Å². The molecule has 5 aromatic rings. The van der Waals surface area contributed by atoms with Crippen LogP contribution in [0.4, 0.5) is 0 Å². The van der Waals surface area contributed by atoms with E-state index in [9.17, 15) is 9.59 Å². The number of hydrogen-bond donors (Lipinski definition) is 1. The summed E-state index contributed by atoms with van der Waals surface area (Å²) in [6.07, 6.45) is 4.94. The first kappa shape index (κ1) is 29.5. The summed E-state index contributed by atoms with van der Waals surface area (Å²) in [5.41, 5.74) is 6.09. The topological polar surface area (TPSA) is 116 Å². The molecule has 1 N–H and O–H groups in total. The van der Waals surface area contributed by atoms with Gasteiger partial charge in [-0.15, -0.1) is 12.4 Å². The van der Waals surface area contributed by atoms with Gasteiger partial charge in [0.15, 0.2) is 5.82 Å². The first-order chi connectivity index (χ1) is 19.5. The van der Waals surface area contributed by atoms with E-state index in [1.165, 1.54) is 0 Å². The van der Waals surface area contributed by atoms with Gasteiger partial charge < -0.3 is 4.74 Å². The van der Waals surface area contributed by atoms with Gasteiger partial charge in [-0.1, -0.05) is 73.1 Å². The number of pyridine rings is 1. The lowest BCUT2D eigenvalue weighted by Crippen LogP contribution is -2.30. The fourth-order valence-electron chi connectivity index (χ4n) is 4.77. The largest absolute Gasteiger partial charge is 0.481 e. The molecule has 0 amide bonds. The Balaban J connectivity index is 0.00000387. The van der Waals surface area contributed by atoms with E-state index >= 15 is 0 Å². The molecule has 0 atom stereocenters. The van der Waals surface area contributed by atoms with E-state index in [1.54, 1.807) is 23.9 Å². The maximum Gasteiger partial charge on any atom is 0.439 e. The number of unbranched alkanes of at least 4 members (excludes halogenated alkanes) is 1. The number of benzene rings is 2. The maximum absolute atomic E-state index is 13.8. The van der Waals surface area contributed by atoms with E-state index < -0.39 is 5.76 Å². The van der Waals surface area contributed by atoms with E-state index in [-0.39, 0.29) is 18.0 Å². The molecule has 0 aliphatic carbocycles. The van der Waals surface area contributed by atoms with Crippen LogP contribution >= 0.6 is 12.4 Å². The number of hydrogen-bond acceptors (Lipinski definition) is 7. The monoisotopic (exact) mass is 573 g/mol. The van der Waals surface area contributed by atoms with Crippen molar-refractivity contribution in [2.75, 3.05) is 7.11 Å². The zero-order valence-electron chi connectivity index (χ0n) is 23.2. The predicted molar refractivity (Wildman–Crippen MR) is 160 cm³/mol. The van der Waals surface area contributed by atoms with Crippen molar-refractivity contribution >= 4 is 12.4 Å². The van der Waals surface area contributed by atoms with Gasteiger partial charge in [-0.25, -0.2) is 14.8 Å². The van der Waals surface area contributed by atoms with Crippen molar-refractivity contribution in [3.05, 3.63) is 116 Å². The van der Waals surface area contributed by atoms with Crippen LogP contribution in [0.5, 0.6) is 5.88 Å². The molecule has 3 aromatic heterocycles. The molecule has 3 heterocycles. The van der Waals surface area contributed by atoms with Crippen molar-refractivity contribution in [3.8, 4) is 28.4 Å². The normalized spacial score (nSPS) is 10.8. The smallest absolute Gasteiger partial charge is 0.439 e. The highest BCUT2D eigenvalue weighted by Crippen LogP contribution is 2.30. The van der Waals surface area contributed by atoms with Crippen LogP contribution in [-0.4, -0.2) is 31.8 Å². The average Bonchev–Trinajstić information content (AvgIpc) is 3.42. The molecule has 212 valence electrons. The highest BCUT2D eigenvalue weighted by molar-refractivity contribution is 5.85. The molecule has 0 radical (unpaired) electrons. The zero-order chi connectivity index (χ0) is 28.1. The SMILES string of the molecule is CCCCc1nc(C)n(Cc2ccc(OC)nc2)c(=O)c1Cc1ccc(-c2ccccc2-c2noc(=O)[nH]2)cc1.Cl. The third kappa shape index (κ3) is 6.63. The van der Waals surface area contributed by atoms with Crippen molar-refractivity contribution in [2.24, 2.45) is 0 Å². The zero-order valence-corrected chi connectivity index (χ0v) is 24.0. The lowest BCUT2D eigenvalue weighted by atomic mass is 9.96. The molecular formula is C31H32ClN5O4. The fraction of sp³-hybridized carbons (Fsp3) is 0.258. The van der Waals surface area contributed by atoms with Crippen molar-refractivity contribution in [3.63, 3.8) is 0 Å². The van der Waals surface area contributed by atoms with Gasteiger partial charge in [-0.05, 0) is 42.0 Å². The van der Waals surface area contributed by atoms with Gasteiger partial charge in [0, 0.05) is 29.8 Å². The van der Waals surface area contributed by atoms with Crippen LogP contribution in [0.15, 0.2) is 81.0 Å². The molecule has 10 heteroatoms. The minimum atomic E-state index is -0.598. The minimum Gasteiger partial charge on any atom is -0.481 e. The molecule has 2 aromatic carbocycles. The van der Waals surface area contributed by atoms with E-state index in [4.69, 9.17) is 14.2 Å². The molecule has 5 rings (SSSR count). The number of rotatable bonds is 10. The van der Waals surface area contributed by atoms with E-state index in [0.717, 1.165) is 52.8 Å². The standard InChI is InChI=1S/C31H31N5O4.ClH/c1-4-5-10-27-26(30(37)36(20(2)33-27)19-22-13-16-28(39-3)32-18-22)17-21-11-14-23(15-12-21)24-8-6-7-9-25(24)29-34-31(38)40-35-29;/h6-9,11-16,18H,4-5,10,17,19H2,1-3H3,(H,34,35,38);1H. The van der Waals surface area contributed by atoms with Crippen molar-refractivity contribution in [1.82, 2.24) is 24.7 Å². The van der Waals surface area contributed by atoms with Crippen LogP contribution in [0.3, 0.4) is 0 Å². The minimum absolute atomic E-state index is 0. The van der Waals surface area contributed by atoms with Crippen LogP contribution in [0.2, 0.25) is 0 Å². The first-order valence-corrected chi connectivity index (χ1v) is 13.3. The van der Waals surface area contributed by atoms with Gasteiger partial charge in [0.1, 0.15) is 5.82 Å². The second kappa shape index (κ2) is 13.2. The van der Waals surface area contributed by atoms with Crippen LogP contribution < -0.4 is 16.1 Å². The molecule has 0 spiro atoms. The fourth-order valence-corrected chi connectivity index (χ4v) is 4.77. The number of nitrogens with zero attached hydrogens (tertiary/aromatic N) is 4. The van der Waals surface area contributed by atoms with Gasteiger partial charge in [0.05, 0.1) is 19.3 Å². The van der Waals surface area contributed by atoms with E-state index in [1.807, 2.05) is 61.5 Å². The Morgan fingerprint density at radius 2 is 1.71 bits per heavy atom. The Morgan fingerprint density at radius 1 is 0.976 bits per heavy atom. The number of aromatic nitrogens is 5. The van der Waals surface area contributed by atoms with Gasteiger partial charge in [0.2, 0.25) is 5.88 Å². The number of methoxy groups -OCH3 is 1. The second-order valence-corrected chi connectivity index (χ2v) is 9.65. The number of ether oxygens (including phenoxy) is 1. The van der Waals surface area contributed by atoms with E-state index in [2.05, 4.69) is 22.0 Å². The van der Waals surface area contributed by atoms with Crippen molar-refractivity contribution in [1.29, 1.82) is 0 Å². The Hall–Kier alpha value is -4.50. The van der Waals surface area contributed by atoms with E-state index in [0.29, 0.717) is 36.1 Å². The number of nitrogens with one attached hydrogen (secondary N) is 1. The van der Waals surface area contributed by atoms with Crippen LogP contribution in [0, 0.1) is 6.92 Å². The summed E-state index contributed by atoms with van der Waals surface area (Å²) >= 11 is 0. The van der Waals surface area contributed by atoms with Gasteiger partial charge in [-0.2, -0.15) is 0 Å². The summed E-state index contributed by atoms with van der Waals surface area (Å²) in [7, 11) is 1.58. The van der Waals surface area contributed by atoms with Crippen LogP contribution in [0.1, 0.15) is 48.0 Å². The number of halogens is 1. The molecule has 9 nitrogen and oxygen atoms in total. The Kier molecular flexibility index (Phi) is 9.52. The predicted octanol–water partition coefficient (Wildman–Crippen LogP) is 5.37. The van der Waals surface area contributed by atoms with Gasteiger partial charge in [-0.3, -0.25) is 18.9 Å². The summed E-state index contributed by atoms with van der Waals surface area (Å²) in [4.78, 5) is 37.1. The third-order valence-electron chi connectivity index (χ3n) is 6.92. The molecule has 0 saturated carbocycles. The number of aromatic amines is 1. The van der Waals surface area contributed by atoms with Crippen LogP contribution in [0.25, 0.3) is 22.5 Å². The number of H-pyrrole nitrogens is 1. The summed E-state index contributed by atoms with van der Waals surface area (Å²) < 4.78 is 11.6. The molecule has 0 aliphatic heterocycles. The van der Waals surface area contributed by atoms with Gasteiger partial charge >= 0.3 is 5.76 Å². The summed E-state index contributed by atoms with van der Waals surface area (Å²) in [6.45, 7) is 4.40. The lowest BCUT2D eigenvalue weighted by Gasteiger charge is -2.16. The molecule has 0 bridgehead atoms. The molecular weight excluding hydrogens is 542 g/mol. The van der Waals surface area contributed by atoms with Crippen LogP contribution in [-0.2, 0) is 19.4 Å². The average molecular weight is 574 g/mol. The highest BCUT2D eigenvalue weighted by Gasteiger charge is 2.17. The highest BCUT2D eigenvalue weighted by atomic mass is 35.5.